The number of aryl methyl sites for hydroxylation is 1. The van der Waals surface area contributed by atoms with Crippen LogP contribution in [-0.2, 0) is 18.3 Å². The number of carbonyl (C=O) groups is 2. The minimum atomic E-state index is -1.31. The van der Waals surface area contributed by atoms with Crippen LogP contribution in [0, 0.1) is 0 Å². The van der Waals surface area contributed by atoms with Gasteiger partial charge in [0.2, 0.25) is 0 Å². The molecule has 18 heavy (non-hydrogen) atoms. The average Bonchev–Trinajstić information content (AvgIpc) is 2.71. The Bertz CT molecular complexity index is 419. The largest absolute Gasteiger partial charge is 0.480 e. The van der Waals surface area contributed by atoms with Gasteiger partial charge in [-0.1, -0.05) is 0 Å². The maximum Gasteiger partial charge on any atom is 0.328 e. The summed E-state index contributed by atoms with van der Waals surface area (Å²) in [5.41, 5.74) is 0. The number of aliphatic hydroxyl groups is 1. The van der Waals surface area contributed by atoms with Crippen molar-refractivity contribution in [1.82, 2.24) is 25.4 Å². The highest BCUT2D eigenvalue weighted by molar-refractivity contribution is 5.82. The Labute approximate surface area is 103 Å². The number of hydrogen-bond donors (Lipinski definition) is 4. The molecule has 100 valence electrons. The summed E-state index contributed by atoms with van der Waals surface area (Å²) in [5, 5.41) is 29.4. The van der Waals surface area contributed by atoms with E-state index in [2.05, 4.69) is 20.8 Å². The fourth-order valence-electron chi connectivity index (χ4n) is 1.22. The molecule has 0 radical (unpaired) electrons. The SMILES string of the molecule is Cn1cnnc1CCNC(=O)N[C@H](CO)C(=O)O. The Morgan fingerprint density at radius 3 is 2.78 bits per heavy atom. The van der Waals surface area contributed by atoms with Crippen LogP contribution in [0.15, 0.2) is 6.33 Å². The third kappa shape index (κ3) is 4.01. The number of carboxylic acid groups (broad SMARTS) is 1. The maximum absolute atomic E-state index is 11.3. The second kappa shape index (κ2) is 6.55. The van der Waals surface area contributed by atoms with Crippen molar-refractivity contribution in [2.75, 3.05) is 13.2 Å². The molecule has 1 rings (SSSR count). The van der Waals surface area contributed by atoms with Crippen LogP contribution in [0.5, 0.6) is 0 Å². The van der Waals surface area contributed by atoms with Crippen molar-refractivity contribution in [3.05, 3.63) is 12.2 Å². The highest BCUT2D eigenvalue weighted by Crippen LogP contribution is 1.91. The van der Waals surface area contributed by atoms with Gasteiger partial charge in [-0.05, 0) is 0 Å². The molecule has 0 aliphatic rings. The number of hydrogen-bond acceptors (Lipinski definition) is 5. The fraction of sp³-hybridized carbons (Fsp3) is 0.556. The van der Waals surface area contributed by atoms with E-state index in [4.69, 9.17) is 10.2 Å². The first-order valence-corrected chi connectivity index (χ1v) is 5.25. The second-order valence-corrected chi connectivity index (χ2v) is 3.58. The minimum Gasteiger partial charge on any atom is -0.480 e. The molecule has 0 saturated carbocycles. The molecular formula is C9H15N5O4. The fourth-order valence-corrected chi connectivity index (χ4v) is 1.22. The lowest BCUT2D eigenvalue weighted by molar-refractivity contribution is -0.140. The quantitative estimate of drug-likeness (QED) is 0.471. The second-order valence-electron chi connectivity index (χ2n) is 3.58. The number of nitrogens with zero attached hydrogens (tertiary/aromatic N) is 3. The lowest BCUT2D eigenvalue weighted by Gasteiger charge is -2.12. The molecule has 1 atom stereocenters. The number of rotatable bonds is 6. The third-order valence-electron chi connectivity index (χ3n) is 2.23. The van der Waals surface area contributed by atoms with Gasteiger partial charge >= 0.3 is 12.0 Å². The Morgan fingerprint density at radius 1 is 1.56 bits per heavy atom. The third-order valence-corrected chi connectivity index (χ3v) is 2.23. The van der Waals surface area contributed by atoms with Crippen LogP contribution >= 0.6 is 0 Å². The first-order chi connectivity index (χ1) is 8.54. The van der Waals surface area contributed by atoms with E-state index in [9.17, 15) is 9.59 Å². The molecule has 0 fully saturated rings. The predicted molar refractivity (Wildman–Crippen MR) is 59.8 cm³/mol. The summed E-state index contributed by atoms with van der Waals surface area (Å²) in [5.74, 6) is -0.590. The predicted octanol–water partition coefficient (Wildman–Crippen LogP) is -1.90. The van der Waals surface area contributed by atoms with Gasteiger partial charge in [0.1, 0.15) is 12.2 Å². The van der Waals surface area contributed by atoms with Gasteiger partial charge in [0.25, 0.3) is 0 Å². The van der Waals surface area contributed by atoms with E-state index >= 15 is 0 Å². The van der Waals surface area contributed by atoms with Gasteiger partial charge in [0, 0.05) is 20.0 Å². The van der Waals surface area contributed by atoms with Gasteiger partial charge in [0.15, 0.2) is 6.04 Å². The monoisotopic (exact) mass is 257 g/mol. The Morgan fingerprint density at radius 2 is 2.28 bits per heavy atom. The molecule has 0 aliphatic heterocycles. The van der Waals surface area contributed by atoms with Crippen LogP contribution in [0.3, 0.4) is 0 Å². The summed E-state index contributed by atoms with van der Waals surface area (Å²) in [7, 11) is 1.78. The van der Waals surface area contributed by atoms with Crippen LogP contribution in [0.25, 0.3) is 0 Å². The zero-order valence-corrected chi connectivity index (χ0v) is 9.83. The number of carboxylic acids is 1. The number of carbonyl (C=O) groups excluding carboxylic acids is 1. The van der Waals surface area contributed by atoms with Gasteiger partial charge in [-0.15, -0.1) is 10.2 Å². The van der Waals surface area contributed by atoms with Crippen LogP contribution in [0.4, 0.5) is 4.79 Å². The van der Waals surface area contributed by atoms with Gasteiger partial charge in [0.05, 0.1) is 6.61 Å². The van der Waals surface area contributed by atoms with Crippen molar-refractivity contribution in [3.8, 4) is 0 Å². The summed E-state index contributed by atoms with van der Waals surface area (Å²) in [6, 6.07) is -1.96. The molecular weight excluding hydrogens is 242 g/mol. The normalized spacial score (nSPS) is 11.9. The van der Waals surface area contributed by atoms with E-state index in [0.29, 0.717) is 12.2 Å². The van der Waals surface area contributed by atoms with Crippen molar-refractivity contribution < 1.29 is 19.8 Å². The number of urea groups is 1. The van der Waals surface area contributed by atoms with Gasteiger partial charge in [-0.2, -0.15) is 0 Å². The molecule has 4 N–H and O–H groups in total. The molecule has 0 saturated heterocycles. The smallest absolute Gasteiger partial charge is 0.328 e. The number of aliphatic hydroxyl groups excluding tert-OH is 1. The van der Waals surface area contributed by atoms with Crippen molar-refractivity contribution in [2.24, 2.45) is 7.05 Å². The van der Waals surface area contributed by atoms with Crippen molar-refractivity contribution in [2.45, 2.75) is 12.5 Å². The van der Waals surface area contributed by atoms with Crippen molar-refractivity contribution in [3.63, 3.8) is 0 Å². The Hall–Kier alpha value is -2.16. The summed E-state index contributed by atoms with van der Waals surface area (Å²) in [4.78, 5) is 21.8. The lowest BCUT2D eigenvalue weighted by atomic mass is 10.3. The lowest BCUT2D eigenvalue weighted by Crippen LogP contribution is -2.48. The molecule has 0 bridgehead atoms. The van der Waals surface area contributed by atoms with Gasteiger partial charge in [-0.25, -0.2) is 9.59 Å². The zero-order chi connectivity index (χ0) is 13.5. The van der Waals surface area contributed by atoms with E-state index in [1.165, 1.54) is 0 Å². The molecule has 1 aromatic heterocycles. The number of amides is 2. The van der Waals surface area contributed by atoms with Crippen LogP contribution in [0.2, 0.25) is 0 Å². The Balaban J connectivity index is 2.29. The molecule has 9 heteroatoms. The standard InChI is InChI=1S/C9H15N5O4/c1-14-5-11-13-7(14)2-3-10-9(18)12-6(4-15)8(16)17/h5-6,15H,2-4H2,1H3,(H,16,17)(H2,10,12,18)/t6-/m1/s1. The van der Waals surface area contributed by atoms with Crippen LogP contribution in [-0.4, -0.2) is 56.2 Å². The van der Waals surface area contributed by atoms with Crippen LogP contribution in [0.1, 0.15) is 5.82 Å². The molecule has 0 aromatic carbocycles. The molecule has 0 unspecified atom stereocenters. The topological polar surface area (TPSA) is 129 Å². The first kappa shape index (κ1) is 13.9. The van der Waals surface area contributed by atoms with E-state index in [0.717, 1.165) is 0 Å². The molecule has 1 aromatic rings. The summed E-state index contributed by atoms with van der Waals surface area (Å²) < 4.78 is 1.72. The highest BCUT2D eigenvalue weighted by Gasteiger charge is 2.18. The molecule has 9 nitrogen and oxygen atoms in total. The average molecular weight is 257 g/mol. The molecule has 1 heterocycles. The molecule has 0 aliphatic carbocycles. The Kier molecular flexibility index (Phi) is 5.06. The molecule has 0 spiro atoms. The van der Waals surface area contributed by atoms with E-state index in [1.54, 1.807) is 17.9 Å². The van der Waals surface area contributed by atoms with E-state index in [1.807, 2.05) is 0 Å². The maximum atomic E-state index is 11.3. The first-order valence-electron chi connectivity index (χ1n) is 5.25. The van der Waals surface area contributed by atoms with Crippen LogP contribution < -0.4 is 10.6 Å². The zero-order valence-electron chi connectivity index (χ0n) is 9.83. The summed E-state index contributed by atoms with van der Waals surface area (Å²) >= 11 is 0. The van der Waals surface area contributed by atoms with Gasteiger partial charge in [-0.3, -0.25) is 0 Å². The highest BCUT2D eigenvalue weighted by atomic mass is 16.4. The van der Waals surface area contributed by atoms with Gasteiger partial charge < -0.3 is 25.4 Å². The minimum absolute atomic E-state index is 0.288. The van der Waals surface area contributed by atoms with Crippen molar-refractivity contribution in [1.29, 1.82) is 0 Å². The van der Waals surface area contributed by atoms with E-state index in [-0.39, 0.29) is 6.54 Å². The summed E-state index contributed by atoms with van der Waals surface area (Å²) in [6.07, 6.45) is 2.02. The number of aromatic nitrogens is 3. The number of nitrogens with one attached hydrogen (secondary N) is 2. The summed E-state index contributed by atoms with van der Waals surface area (Å²) in [6.45, 7) is -0.373. The van der Waals surface area contributed by atoms with Crippen molar-refractivity contribution >= 4 is 12.0 Å². The number of aliphatic carboxylic acids is 1. The van der Waals surface area contributed by atoms with E-state index < -0.39 is 24.6 Å². The molecule has 2 amide bonds.